The predicted molar refractivity (Wildman–Crippen MR) is 84.7 cm³/mol. The molecular formula is C14H16N4OS2. The summed E-state index contributed by atoms with van der Waals surface area (Å²) < 4.78 is 0. The van der Waals surface area contributed by atoms with E-state index in [-0.39, 0.29) is 5.91 Å². The van der Waals surface area contributed by atoms with E-state index >= 15 is 0 Å². The fourth-order valence-corrected chi connectivity index (χ4v) is 4.03. The largest absolute Gasteiger partial charge is 0.301 e. The molecule has 0 unspecified atom stereocenters. The van der Waals surface area contributed by atoms with Crippen molar-refractivity contribution in [3.63, 3.8) is 0 Å². The van der Waals surface area contributed by atoms with Gasteiger partial charge in [-0.1, -0.05) is 18.7 Å². The molecule has 0 saturated carbocycles. The molecule has 0 saturated heterocycles. The summed E-state index contributed by atoms with van der Waals surface area (Å²) in [5.74, 6) is 0.948. The summed E-state index contributed by atoms with van der Waals surface area (Å²) in [6.45, 7) is 2.26. The van der Waals surface area contributed by atoms with E-state index in [9.17, 15) is 4.79 Å². The molecule has 1 amide bonds. The van der Waals surface area contributed by atoms with Gasteiger partial charge in [0.2, 0.25) is 5.91 Å². The number of aryl methyl sites for hydroxylation is 1. The minimum atomic E-state index is -0.0633. The number of amides is 1. The van der Waals surface area contributed by atoms with Crippen molar-refractivity contribution in [1.29, 1.82) is 0 Å². The molecule has 2 aromatic heterocycles. The molecule has 1 aliphatic rings. The summed E-state index contributed by atoms with van der Waals surface area (Å²) >= 11 is 2.93. The molecular weight excluding hydrogens is 304 g/mol. The second-order valence-electron chi connectivity index (χ2n) is 5.11. The molecule has 7 heteroatoms. The van der Waals surface area contributed by atoms with Crippen LogP contribution in [0.2, 0.25) is 0 Å². The average Bonchev–Trinajstić information content (AvgIpc) is 2.87. The number of fused-ring (bicyclic) bond motifs is 1. The number of hydrogen-bond acceptors (Lipinski definition) is 6. The summed E-state index contributed by atoms with van der Waals surface area (Å²) in [4.78, 5) is 25.9. The second kappa shape index (κ2) is 6.53. The number of aromatic nitrogens is 3. The summed E-state index contributed by atoms with van der Waals surface area (Å²) in [6.07, 6.45) is 6.63. The van der Waals surface area contributed by atoms with E-state index in [1.165, 1.54) is 23.1 Å². The summed E-state index contributed by atoms with van der Waals surface area (Å²) in [5, 5.41) is 4.20. The Labute approximate surface area is 131 Å². The maximum atomic E-state index is 11.9. The van der Waals surface area contributed by atoms with Gasteiger partial charge in [-0.15, -0.1) is 11.3 Å². The van der Waals surface area contributed by atoms with Crippen LogP contribution in [0, 0.1) is 5.92 Å². The van der Waals surface area contributed by atoms with E-state index in [0.29, 0.717) is 22.0 Å². The SMILES string of the molecule is C[C@@H]1CCc2nc(NC(=O)CSc3ncccn3)sc2C1. The van der Waals surface area contributed by atoms with Gasteiger partial charge in [-0.3, -0.25) is 4.79 Å². The third kappa shape index (κ3) is 3.79. The Balaban J connectivity index is 1.55. The minimum Gasteiger partial charge on any atom is -0.301 e. The Hall–Kier alpha value is -1.47. The smallest absolute Gasteiger partial charge is 0.236 e. The van der Waals surface area contributed by atoms with Gasteiger partial charge in [-0.2, -0.15) is 0 Å². The normalized spacial score (nSPS) is 17.3. The molecule has 3 rings (SSSR count). The first-order chi connectivity index (χ1) is 10.2. The van der Waals surface area contributed by atoms with Crippen molar-refractivity contribution >= 4 is 34.1 Å². The Morgan fingerprint density at radius 1 is 1.48 bits per heavy atom. The molecule has 21 heavy (non-hydrogen) atoms. The van der Waals surface area contributed by atoms with Crippen LogP contribution in [0.1, 0.15) is 23.9 Å². The standard InChI is InChI=1S/C14H16N4OS2/c1-9-3-4-10-11(7-9)21-14(17-10)18-12(19)8-20-13-15-5-2-6-16-13/h2,5-6,9H,3-4,7-8H2,1H3,(H,17,18,19)/t9-/m1/s1. The molecule has 2 heterocycles. The summed E-state index contributed by atoms with van der Waals surface area (Å²) in [5.41, 5.74) is 1.16. The van der Waals surface area contributed by atoms with Crippen LogP contribution in [-0.4, -0.2) is 26.6 Å². The van der Waals surface area contributed by atoms with E-state index < -0.39 is 0 Å². The number of thiazole rings is 1. The molecule has 1 atom stereocenters. The average molecular weight is 320 g/mol. The molecule has 0 spiro atoms. The van der Waals surface area contributed by atoms with Gasteiger partial charge in [0.15, 0.2) is 10.3 Å². The zero-order valence-corrected chi connectivity index (χ0v) is 13.3. The topological polar surface area (TPSA) is 67.8 Å². The third-order valence-electron chi connectivity index (χ3n) is 3.31. The lowest BCUT2D eigenvalue weighted by atomic mass is 9.93. The highest BCUT2D eigenvalue weighted by Crippen LogP contribution is 2.32. The molecule has 0 fully saturated rings. The van der Waals surface area contributed by atoms with Gasteiger partial charge in [-0.25, -0.2) is 15.0 Å². The number of thioether (sulfide) groups is 1. The van der Waals surface area contributed by atoms with Gasteiger partial charge in [-0.05, 0) is 31.2 Å². The van der Waals surface area contributed by atoms with Crippen molar-refractivity contribution in [3.05, 3.63) is 29.0 Å². The molecule has 0 aromatic carbocycles. The zero-order valence-electron chi connectivity index (χ0n) is 11.7. The molecule has 5 nitrogen and oxygen atoms in total. The van der Waals surface area contributed by atoms with Crippen LogP contribution in [0.5, 0.6) is 0 Å². The molecule has 2 aromatic rings. The van der Waals surface area contributed by atoms with E-state index in [1.54, 1.807) is 29.8 Å². The van der Waals surface area contributed by atoms with E-state index in [0.717, 1.165) is 18.5 Å². The number of nitrogens with zero attached hydrogens (tertiary/aromatic N) is 3. The first kappa shape index (κ1) is 14.5. The van der Waals surface area contributed by atoms with E-state index in [2.05, 4.69) is 27.2 Å². The van der Waals surface area contributed by atoms with Crippen LogP contribution in [0.4, 0.5) is 5.13 Å². The molecule has 1 N–H and O–H groups in total. The third-order valence-corrected chi connectivity index (χ3v) is 5.22. The lowest BCUT2D eigenvalue weighted by molar-refractivity contribution is -0.113. The Morgan fingerprint density at radius 3 is 3.10 bits per heavy atom. The van der Waals surface area contributed by atoms with Crippen LogP contribution in [0.15, 0.2) is 23.6 Å². The number of carbonyl (C=O) groups is 1. The van der Waals surface area contributed by atoms with Gasteiger partial charge in [0.1, 0.15) is 0 Å². The maximum Gasteiger partial charge on any atom is 0.236 e. The maximum absolute atomic E-state index is 11.9. The zero-order chi connectivity index (χ0) is 14.7. The van der Waals surface area contributed by atoms with Crippen LogP contribution in [0.25, 0.3) is 0 Å². The van der Waals surface area contributed by atoms with Crippen molar-refractivity contribution in [2.45, 2.75) is 31.3 Å². The highest BCUT2D eigenvalue weighted by molar-refractivity contribution is 7.99. The second-order valence-corrected chi connectivity index (χ2v) is 7.13. The minimum absolute atomic E-state index is 0.0633. The predicted octanol–water partition coefficient (Wildman–Crippen LogP) is 2.79. The van der Waals surface area contributed by atoms with Gasteiger partial charge in [0.25, 0.3) is 0 Å². The van der Waals surface area contributed by atoms with Crippen LogP contribution < -0.4 is 5.32 Å². The van der Waals surface area contributed by atoms with E-state index in [1.807, 2.05) is 0 Å². The van der Waals surface area contributed by atoms with Crippen molar-refractivity contribution in [1.82, 2.24) is 15.0 Å². The van der Waals surface area contributed by atoms with E-state index in [4.69, 9.17) is 0 Å². The monoisotopic (exact) mass is 320 g/mol. The quantitative estimate of drug-likeness (QED) is 0.693. The van der Waals surface area contributed by atoms with Crippen LogP contribution >= 0.6 is 23.1 Å². The fourth-order valence-electron chi connectivity index (χ4n) is 2.24. The number of anilines is 1. The molecule has 0 bridgehead atoms. The lowest BCUT2D eigenvalue weighted by Gasteiger charge is -2.15. The van der Waals surface area contributed by atoms with Gasteiger partial charge in [0, 0.05) is 17.3 Å². The van der Waals surface area contributed by atoms with Crippen molar-refractivity contribution in [2.75, 3.05) is 11.1 Å². The summed E-state index contributed by atoms with van der Waals surface area (Å²) in [6, 6.07) is 1.76. The lowest BCUT2D eigenvalue weighted by Crippen LogP contribution is -2.14. The number of nitrogens with one attached hydrogen (secondary N) is 1. The van der Waals surface area contributed by atoms with Crippen LogP contribution in [-0.2, 0) is 17.6 Å². The van der Waals surface area contributed by atoms with Gasteiger partial charge >= 0.3 is 0 Å². The summed E-state index contributed by atoms with van der Waals surface area (Å²) in [7, 11) is 0. The highest BCUT2D eigenvalue weighted by Gasteiger charge is 2.20. The Bertz CT molecular complexity index is 629. The van der Waals surface area contributed by atoms with Crippen LogP contribution in [0.3, 0.4) is 0 Å². The number of rotatable bonds is 4. The van der Waals surface area contributed by atoms with Gasteiger partial charge in [0.05, 0.1) is 11.4 Å². The highest BCUT2D eigenvalue weighted by atomic mass is 32.2. The van der Waals surface area contributed by atoms with Crippen molar-refractivity contribution < 1.29 is 4.79 Å². The molecule has 0 aliphatic heterocycles. The fraction of sp³-hybridized carbons (Fsp3) is 0.429. The Morgan fingerprint density at radius 2 is 2.29 bits per heavy atom. The van der Waals surface area contributed by atoms with Gasteiger partial charge < -0.3 is 5.32 Å². The molecule has 0 radical (unpaired) electrons. The molecule has 1 aliphatic carbocycles. The molecule has 110 valence electrons. The van der Waals surface area contributed by atoms with Crippen molar-refractivity contribution in [3.8, 4) is 0 Å². The number of hydrogen-bond donors (Lipinski definition) is 1. The first-order valence-electron chi connectivity index (χ1n) is 6.89. The number of carbonyl (C=O) groups excluding carboxylic acids is 1. The van der Waals surface area contributed by atoms with Crippen molar-refractivity contribution in [2.24, 2.45) is 5.92 Å². The Kier molecular flexibility index (Phi) is 4.50. The first-order valence-corrected chi connectivity index (χ1v) is 8.69.